The zero-order valence-corrected chi connectivity index (χ0v) is 17.4. The molecule has 1 aromatic heterocycles. The highest BCUT2D eigenvalue weighted by Gasteiger charge is 2.26. The third kappa shape index (κ3) is 9.98. The number of unbranched alkanes of at least 4 members (excludes halogenated alkanes) is 1. The van der Waals surface area contributed by atoms with Crippen LogP contribution in [0.1, 0.15) is 42.2 Å². The standard InChI is InChI=1S/C19H29N5O7/c1-2-3-4-15(9-23(10-16(25)26)11-17(27)28)24(12-18(29)30)8-14-6-5-13(7-21-14)19(31)22-20/h5-7,15H,2-4,8-12,20H2,1H3,(H,22,31)(H,25,26)(H,27,28)(H,29,30). The quantitative estimate of drug-likeness (QED) is 0.136. The smallest absolute Gasteiger partial charge is 0.317 e. The van der Waals surface area contributed by atoms with E-state index in [0.29, 0.717) is 12.1 Å². The molecule has 0 saturated heterocycles. The van der Waals surface area contributed by atoms with Crippen LogP contribution in [0.25, 0.3) is 0 Å². The summed E-state index contributed by atoms with van der Waals surface area (Å²) < 4.78 is 0. The van der Waals surface area contributed by atoms with Crippen molar-refractivity contribution in [2.75, 3.05) is 26.2 Å². The molecule has 1 heterocycles. The third-order valence-electron chi connectivity index (χ3n) is 4.52. The van der Waals surface area contributed by atoms with E-state index in [9.17, 15) is 24.3 Å². The molecule has 0 aliphatic carbocycles. The molecule has 12 nitrogen and oxygen atoms in total. The van der Waals surface area contributed by atoms with E-state index in [1.807, 2.05) is 12.3 Å². The SMILES string of the molecule is CCCCC(CN(CC(=O)O)CC(=O)O)N(CC(=O)O)Cc1ccc(C(=O)NN)cn1. The number of nitrogens with two attached hydrogens (primary N) is 1. The largest absolute Gasteiger partial charge is 0.480 e. The second kappa shape index (κ2) is 13.3. The van der Waals surface area contributed by atoms with Gasteiger partial charge >= 0.3 is 17.9 Å². The lowest BCUT2D eigenvalue weighted by Crippen LogP contribution is -2.48. The molecule has 0 radical (unpaired) electrons. The minimum absolute atomic E-state index is 0.0690. The van der Waals surface area contributed by atoms with Gasteiger partial charge in [0.15, 0.2) is 0 Å². The first-order chi connectivity index (χ1) is 14.7. The molecule has 1 rings (SSSR count). The molecule has 0 aliphatic heterocycles. The summed E-state index contributed by atoms with van der Waals surface area (Å²) in [5.74, 6) is 1.16. The first-order valence-corrected chi connectivity index (χ1v) is 9.73. The van der Waals surface area contributed by atoms with Crippen molar-refractivity contribution in [3.63, 3.8) is 0 Å². The van der Waals surface area contributed by atoms with Gasteiger partial charge in [-0.25, -0.2) is 5.84 Å². The van der Waals surface area contributed by atoms with Gasteiger partial charge in [0.2, 0.25) is 0 Å². The molecular formula is C19H29N5O7. The van der Waals surface area contributed by atoms with Crippen molar-refractivity contribution in [1.29, 1.82) is 0 Å². The zero-order valence-electron chi connectivity index (χ0n) is 17.4. The van der Waals surface area contributed by atoms with Crippen LogP contribution in [-0.2, 0) is 20.9 Å². The number of nitrogens with one attached hydrogen (secondary N) is 1. The molecule has 0 spiro atoms. The van der Waals surface area contributed by atoms with Gasteiger partial charge in [-0.3, -0.25) is 39.4 Å². The minimum Gasteiger partial charge on any atom is -0.480 e. The monoisotopic (exact) mass is 439 g/mol. The molecule has 1 atom stereocenters. The van der Waals surface area contributed by atoms with Crippen molar-refractivity contribution in [3.05, 3.63) is 29.6 Å². The average molecular weight is 439 g/mol. The Balaban J connectivity index is 3.10. The Morgan fingerprint density at radius 3 is 2.13 bits per heavy atom. The number of nitrogen functional groups attached to an aromatic ring is 1. The lowest BCUT2D eigenvalue weighted by molar-refractivity contribution is -0.144. The van der Waals surface area contributed by atoms with E-state index in [1.165, 1.54) is 17.2 Å². The van der Waals surface area contributed by atoms with Crippen LogP contribution in [-0.4, -0.2) is 86.1 Å². The van der Waals surface area contributed by atoms with E-state index in [4.69, 9.17) is 16.1 Å². The normalized spacial score (nSPS) is 12.0. The van der Waals surface area contributed by atoms with Gasteiger partial charge in [0.25, 0.3) is 5.91 Å². The maximum atomic E-state index is 11.6. The maximum absolute atomic E-state index is 11.6. The van der Waals surface area contributed by atoms with Gasteiger partial charge in [-0.2, -0.15) is 0 Å². The van der Waals surface area contributed by atoms with E-state index in [1.54, 1.807) is 11.0 Å². The van der Waals surface area contributed by atoms with Gasteiger partial charge in [0.1, 0.15) is 0 Å². The average Bonchev–Trinajstić information content (AvgIpc) is 2.69. The first kappa shape index (κ1) is 25.9. The van der Waals surface area contributed by atoms with Crippen LogP contribution in [0.3, 0.4) is 0 Å². The van der Waals surface area contributed by atoms with Crippen molar-refractivity contribution in [1.82, 2.24) is 20.2 Å². The van der Waals surface area contributed by atoms with Gasteiger partial charge in [-0.05, 0) is 18.6 Å². The van der Waals surface area contributed by atoms with E-state index in [-0.39, 0.29) is 25.2 Å². The van der Waals surface area contributed by atoms with Gasteiger partial charge in [-0.1, -0.05) is 19.8 Å². The number of amides is 1. The molecule has 6 N–H and O–H groups in total. The highest BCUT2D eigenvalue weighted by molar-refractivity contribution is 5.93. The van der Waals surface area contributed by atoms with Crippen molar-refractivity contribution >= 4 is 23.8 Å². The highest BCUT2D eigenvalue weighted by Crippen LogP contribution is 2.15. The van der Waals surface area contributed by atoms with Crippen molar-refractivity contribution in [2.45, 2.75) is 38.8 Å². The van der Waals surface area contributed by atoms with Crippen molar-refractivity contribution in [3.8, 4) is 0 Å². The van der Waals surface area contributed by atoms with E-state index >= 15 is 0 Å². The summed E-state index contributed by atoms with van der Waals surface area (Å²) >= 11 is 0. The molecule has 1 aromatic rings. The second-order valence-electron chi connectivity index (χ2n) is 7.06. The Morgan fingerprint density at radius 2 is 1.68 bits per heavy atom. The van der Waals surface area contributed by atoms with Crippen LogP contribution in [0.4, 0.5) is 0 Å². The number of aromatic nitrogens is 1. The summed E-state index contributed by atoms with van der Waals surface area (Å²) in [5.41, 5.74) is 2.74. The van der Waals surface area contributed by atoms with Gasteiger partial charge in [-0.15, -0.1) is 0 Å². The summed E-state index contributed by atoms with van der Waals surface area (Å²) in [6.07, 6.45) is 3.44. The number of carbonyl (C=O) groups excluding carboxylic acids is 1. The molecule has 1 amide bonds. The molecule has 31 heavy (non-hydrogen) atoms. The number of carboxylic acid groups (broad SMARTS) is 3. The fourth-order valence-corrected chi connectivity index (χ4v) is 3.13. The lowest BCUT2D eigenvalue weighted by Gasteiger charge is -2.33. The second-order valence-corrected chi connectivity index (χ2v) is 7.06. The van der Waals surface area contributed by atoms with Crippen molar-refractivity contribution in [2.24, 2.45) is 5.84 Å². The lowest BCUT2D eigenvalue weighted by atomic mass is 10.1. The molecule has 12 heteroatoms. The number of carboxylic acids is 3. The predicted molar refractivity (Wildman–Crippen MR) is 109 cm³/mol. The van der Waals surface area contributed by atoms with Crippen LogP contribution >= 0.6 is 0 Å². The Kier molecular flexibility index (Phi) is 11.1. The molecule has 1 unspecified atom stereocenters. The summed E-state index contributed by atoms with van der Waals surface area (Å²) in [6.45, 7) is 0.870. The van der Waals surface area contributed by atoms with E-state index in [2.05, 4.69) is 4.98 Å². The molecule has 0 saturated carbocycles. The molecule has 0 bridgehead atoms. The molecule has 0 aliphatic rings. The topological polar surface area (TPSA) is 186 Å². The van der Waals surface area contributed by atoms with Crippen LogP contribution in [0, 0.1) is 0 Å². The number of rotatable bonds is 15. The van der Waals surface area contributed by atoms with Crippen molar-refractivity contribution < 1.29 is 34.5 Å². The Labute approximate surface area is 179 Å². The van der Waals surface area contributed by atoms with E-state index in [0.717, 1.165) is 12.8 Å². The molecule has 0 aromatic carbocycles. The van der Waals surface area contributed by atoms with Crippen LogP contribution in [0.2, 0.25) is 0 Å². The molecular weight excluding hydrogens is 410 g/mol. The number of hydrogen-bond acceptors (Lipinski definition) is 8. The number of nitrogens with zero attached hydrogens (tertiary/aromatic N) is 3. The Bertz CT molecular complexity index is 741. The number of aliphatic carboxylic acids is 3. The first-order valence-electron chi connectivity index (χ1n) is 9.73. The summed E-state index contributed by atoms with van der Waals surface area (Å²) in [6, 6.07) is 2.66. The zero-order chi connectivity index (χ0) is 23.4. The molecule has 172 valence electrons. The predicted octanol–water partition coefficient (Wildman–Crippen LogP) is -0.398. The minimum atomic E-state index is -1.17. The van der Waals surface area contributed by atoms with E-state index < -0.39 is 42.9 Å². The Morgan fingerprint density at radius 1 is 1.06 bits per heavy atom. The molecule has 0 fully saturated rings. The van der Waals surface area contributed by atoms with Crippen LogP contribution in [0.15, 0.2) is 18.3 Å². The van der Waals surface area contributed by atoms with Gasteiger partial charge in [0, 0.05) is 25.3 Å². The summed E-state index contributed by atoms with van der Waals surface area (Å²) in [5, 5.41) is 27.6. The Hall–Kier alpha value is -3.09. The highest BCUT2D eigenvalue weighted by atomic mass is 16.4. The number of carbonyl (C=O) groups is 4. The maximum Gasteiger partial charge on any atom is 0.317 e. The van der Waals surface area contributed by atoms with Crippen LogP contribution in [0.5, 0.6) is 0 Å². The van der Waals surface area contributed by atoms with Gasteiger partial charge in [0.05, 0.1) is 30.9 Å². The van der Waals surface area contributed by atoms with Crippen LogP contribution < -0.4 is 11.3 Å². The number of hydrogen-bond donors (Lipinski definition) is 5. The number of pyridine rings is 1. The van der Waals surface area contributed by atoms with Gasteiger partial charge < -0.3 is 15.3 Å². The summed E-state index contributed by atoms with van der Waals surface area (Å²) in [7, 11) is 0. The fourth-order valence-electron chi connectivity index (χ4n) is 3.13. The summed E-state index contributed by atoms with van der Waals surface area (Å²) in [4.78, 5) is 52.4. The third-order valence-corrected chi connectivity index (χ3v) is 4.52. The number of hydrazine groups is 1. The fraction of sp³-hybridized carbons (Fsp3) is 0.526.